The van der Waals surface area contributed by atoms with Crippen LogP contribution >= 0.6 is 0 Å². The second kappa shape index (κ2) is 13.1. The lowest BCUT2D eigenvalue weighted by atomic mass is 9.86. The molecule has 0 unspecified atom stereocenters. The second-order valence-corrected chi connectivity index (χ2v) is 13.5. The molecule has 1 aliphatic heterocycles. The van der Waals surface area contributed by atoms with Crippen molar-refractivity contribution in [2.75, 3.05) is 49.3 Å². The van der Waals surface area contributed by atoms with Gasteiger partial charge in [-0.3, -0.25) is 4.57 Å². The minimum atomic E-state index is -3.20. The van der Waals surface area contributed by atoms with Crippen LogP contribution in [0, 0.1) is 5.92 Å². The van der Waals surface area contributed by atoms with Crippen molar-refractivity contribution in [2.24, 2.45) is 5.92 Å². The minimum absolute atomic E-state index is 0.327. The zero-order valence-electron chi connectivity index (χ0n) is 24.6. The van der Waals surface area contributed by atoms with Crippen molar-refractivity contribution in [2.45, 2.75) is 49.6 Å². The highest BCUT2D eigenvalue weighted by Crippen LogP contribution is 2.30. The maximum absolute atomic E-state index is 14.1. The average Bonchev–Trinajstić information content (AvgIpc) is 3.44. The van der Waals surface area contributed by atoms with E-state index in [1.54, 1.807) is 42.5 Å². The third-order valence-electron chi connectivity index (χ3n) is 8.39. The summed E-state index contributed by atoms with van der Waals surface area (Å²) in [6.45, 7) is 3.82. The summed E-state index contributed by atoms with van der Waals surface area (Å²) in [4.78, 5) is 16.1. The van der Waals surface area contributed by atoms with Gasteiger partial charge in [-0.2, -0.15) is 9.97 Å². The maximum Gasteiger partial charge on any atom is 0.296 e. The number of imidazole rings is 1. The summed E-state index contributed by atoms with van der Waals surface area (Å²) in [7, 11) is -3.20. The predicted octanol–water partition coefficient (Wildman–Crippen LogP) is 4.75. The molecule has 234 valence electrons. The average molecular weight is 626 g/mol. The largest absolute Gasteiger partial charge is 0.378 e. The molecule has 4 aromatic rings. The number of fused-ring (bicyclic) bond motifs is 1. The van der Waals surface area contributed by atoms with Gasteiger partial charge in [0.15, 0.2) is 15.7 Å². The van der Waals surface area contributed by atoms with Crippen LogP contribution in [0.2, 0.25) is 0 Å². The van der Waals surface area contributed by atoms with Crippen molar-refractivity contribution < 1.29 is 21.9 Å². The van der Waals surface area contributed by atoms with Crippen molar-refractivity contribution in [3.63, 3.8) is 0 Å². The summed E-state index contributed by atoms with van der Waals surface area (Å²) >= 11 is 0. The number of para-hydroxylation sites is 2. The van der Waals surface area contributed by atoms with Crippen molar-refractivity contribution in [1.82, 2.24) is 24.8 Å². The van der Waals surface area contributed by atoms with Crippen LogP contribution in [0.1, 0.15) is 43.5 Å². The quantitative estimate of drug-likeness (QED) is 0.258. The molecular formula is C31H37F2N7O3S. The van der Waals surface area contributed by atoms with Gasteiger partial charge in [0.1, 0.15) is 11.6 Å². The third kappa shape index (κ3) is 7.00. The Morgan fingerprint density at radius 3 is 2.36 bits per heavy atom. The van der Waals surface area contributed by atoms with Gasteiger partial charge >= 0.3 is 0 Å². The first-order valence-electron chi connectivity index (χ1n) is 15.0. The lowest BCUT2D eigenvalue weighted by molar-refractivity contribution is 0.122. The molecule has 1 saturated carbocycles. The molecule has 3 heterocycles. The number of morpholine rings is 1. The first kappa shape index (κ1) is 30.4. The van der Waals surface area contributed by atoms with E-state index in [0.29, 0.717) is 84.9 Å². The molecule has 44 heavy (non-hydrogen) atoms. The molecule has 0 bridgehead atoms. The summed E-state index contributed by atoms with van der Waals surface area (Å²) in [5.41, 5.74) is 2.10. The Kier molecular flexibility index (Phi) is 9.06. The first-order valence-corrected chi connectivity index (χ1v) is 16.9. The summed E-state index contributed by atoms with van der Waals surface area (Å²) in [6, 6.07) is 16.2. The number of rotatable bonds is 10. The number of benzene rings is 2. The summed E-state index contributed by atoms with van der Waals surface area (Å²) in [5, 5.41) is 7.02. The Morgan fingerprint density at radius 1 is 0.955 bits per heavy atom. The Labute approximate surface area is 255 Å². The van der Waals surface area contributed by atoms with E-state index < -0.39 is 16.3 Å². The smallest absolute Gasteiger partial charge is 0.296 e. The Bertz CT molecular complexity index is 1680. The molecule has 0 spiro atoms. The zero-order chi connectivity index (χ0) is 30.7. The number of hydrogen-bond acceptors (Lipinski definition) is 9. The van der Waals surface area contributed by atoms with Gasteiger partial charge in [0.05, 0.1) is 29.1 Å². The fourth-order valence-corrected chi connectivity index (χ4v) is 6.56. The summed E-state index contributed by atoms with van der Waals surface area (Å²) in [6.07, 6.45) is 2.53. The molecule has 2 aliphatic rings. The molecule has 2 aromatic carbocycles. The van der Waals surface area contributed by atoms with Crippen LogP contribution < -0.4 is 15.5 Å². The molecule has 0 atom stereocenters. The van der Waals surface area contributed by atoms with Crippen molar-refractivity contribution >= 4 is 32.6 Å². The molecule has 0 radical (unpaired) electrons. The number of ether oxygens (including phenoxy) is 1. The second-order valence-electron chi connectivity index (χ2n) is 11.5. The standard InChI is InChI=1S/C31H37F2N7O3S/c1-44(41,42)24-12-8-22(9-13-24)19-34-23-10-6-21(7-11-23)20-35-31-37-27(39-14-16-43-17-15-39)18-28(38-31)40-26-5-3-2-4-25(26)36-30(40)29(32)33/h2-5,8-9,12-13,18,21,23,29,34H,6-7,10-11,14-17,19-20H2,1H3,(H,35,37,38). The number of aromatic nitrogens is 4. The van der Waals surface area contributed by atoms with E-state index in [-0.39, 0.29) is 5.82 Å². The molecule has 1 aliphatic carbocycles. The Hall–Kier alpha value is -3.68. The molecule has 2 fully saturated rings. The van der Waals surface area contributed by atoms with Crippen molar-refractivity contribution in [1.29, 1.82) is 0 Å². The minimum Gasteiger partial charge on any atom is -0.378 e. The number of nitrogens with zero attached hydrogens (tertiary/aromatic N) is 5. The van der Waals surface area contributed by atoms with Crippen LogP contribution in [0.3, 0.4) is 0 Å². The van der Waals surface area contributed by atoms with Gasteiger partial charge in [0.25, 0.3) is 6.43 Å². The van der Waals surface area contributed by atoms with E-state index >= 15 is 0 Å². The van der Waals surface area contributed by atoms with Gasteiger partial charge in [-0.25, -0.2) is 22.2 Å². The number of sulfone groups is 1. The van der Waals surface area contributed by atoms with Crippen LogP contribution in [0.4, 0.5) is 20.5 Å². The fourth-order valence-electron chi connectivity index (χ4n) is 5.92. The number of anilines is 2. The van der Waals surface area contributed by atoms with Crippen molar-refractivity contribution in [3.8, 4) is 5.82 Å². The van der Waals surface area contributed by atoms with Gasteiger partial charge in [-0.05, 0) is 61.4 Å². The molecule has 1 saturated heterocycles. The topological polar surface area (TPSA) is 114 Å². The van der Waals surface area contributed by atoms with E-state index in [1.807, 2.05) is 12.1 Å². The molecule has 10 nitrogen and oxygen atoms in total. The SMILES string of the molecule is CS(=O)(=O)c1ccc(CNC2CCC(CNc3nc(N4CCOCC4)cc(-n4c(C(F)F)nc5ccccc54)n3)CC2)cc1. The normalized spacial score (nSPS) is 19.5. The van der Waals surface area contributed by atoms with E-state index in [1.165, 1.54) is 10.8 Å². The Morgan fingerprint density at radius 2 is 1.66 bits per heavy atom. The monoisotopic (exact) mass is 625 g/mol. The molecular weight excluding hydrogens is 588 g/mol. The van der Waals surface area contributed by atoms with Crippen LogP contribution in [-0.2, 0) is 21.1 Å². The summed E-state index contributed by atoms with van der Waals surface area (Å²) < 4.78 is 58.6. The predicted molar refractivity (Wildman–Crippen MR) is 165 cm³/mol. The highest BCUT2D eigenvalue weighted by molar-refractivity contribution is 7.90. The van der Waals surface area contributed by atoms with Crippen LogP contribution in [0.15, 0.2) is 59.5 Å². The van der Waals surface area contributed by atoms with Gasteiger partial charge < -0.3 is 20.3 Å². The van der Waals surface area contributed by atoms with E-state index in [4.69, 9.17) is 14.7 Å². The lowest BCUT2D eigenvalue weighted by Gasteiger charge is -2.30. The van der Waals surface area contributed by atoms with Gasteiger partial charge in [0.2, 0.25) is 5.95 Å². The zero-order valence-corrected chi connectivity index (χ0v) is 25.4. The van der Waals surface area contributed by atoms with Gasteiger partial charge in [-0.15, -0.1) is 0 Å². The fraction of sp³-hybridized carbons (Fsp3) is 0.452. The molecule has 13 heteroatoms. The van der Waals surface area contributed by atoms with Crippen LogP contribution in [-0.4, -0.2) is 73.1 Å². The number of alkyl halides is 2. The van der Waals surface area contributed by atoms with Crippen molar-refractivity contribution in [3.05, 3.63) is 66.0 Å². The molecule has 6 rings (SSSR count). The highest BCUT2D eigenvalue weighted by atomic mass is 32.2. The maximum atomic E-state index is 14.1. The molecule has 0 amide bonds. The number of nitrogens with one attached hydrogen (secondary N) is 2. The molecule has 2 aromatic heterocycles. The highest BCUT2D eigenvalue weighted by Gasteiger charge is 2.25. The Balaban J connectivity index is 1.13. The van der Waals surface area contributed by atoms with Crippen LogP contribution in [0.25, 0.3) is 16.9 Å². The van der Waals surface area contributed by atoms with Gasteiger partial charge in [0, 0.05) is 44.5 Å². The first-order chi connectivity index (χ1) is 21.2. The number of hydrogen-bond donors (Lipinski definition) is 2. The van der Waals surface area contributed by atoms with E-state index in [9.17, 15) is 17.2 Å². The summed E-state index contributed by atoms with van der Waals surface area (Å²) in [5.74, 6) is 1.49. The number of halogens is 2. The van der Waals surface area contributed by atoms with Crippen LogP contribution in [0.5, 0.6) is 0 Å². The van der Waals surface area contributed by atoms with E-state index in [2.05, 4.69) is 20.5 Å². The third-order valence-corrected chi connectivity index (χ3v) is 9.52. The molecule has 2 N–H and O–H groups in total. The lowest BCUT2D eigenvalue weighted by Crippen LogP contribution is -2.37. The van der Waals surface area contributed by atoms with E-state index in [0.717, 1.165) is 31.2 Å². The van der Waals surface area contributed by atoms with Gasteiger partial charge in [-0.1, -0.05) is 24.3 Å².